The number of aromatic nitrogens is 1. The van der Waals surface area contributed by atoms with Crippen LogP contribution >= 0.6 is 11.8 Å². The number of carbonyl (C=O) groups excluding carboxylic acids is 2. The van der Waals surface area contributed by atoms with Crippen molar-refractivity contribution < 1.29 is 23.5 Å². The van der Waals surface area contributed by atoms with Crippen molar-refractivity contribution in [2.24, 2.45) is 7.05 Å². The average Bonchev–Trinajstić information content (AvgIpc) is 3.10. The van der Waals surface area contributed by atoms with E-state index in [-0.39, 0.29) is 29.9 Å². The summed E-state index contributed by atoms with van der Waals surface area (Å²) in [5, 5.41) is 4.72. The van der Waals surface area contributed by atoms with E-state index in [0.717, 1.165) is 27.1 Å². The van der Waals surface area contributed by atoms with Crippen molar-refractivity contribution in [1.82, 2.24) is 9.88 Å². The molecule has 0 spiro atoms. The van der Waals surface area contributed by atoms with Gasteiger partial charge >= 0.3 is 0 Å². The van der Waals surface area contributed by atoms with Crippen molar-refractivity contribution in [1.29, 1.82) is 0 Å². The van der Waals surface area contributed by atoms with Crippen LogP contribution in [-0.4, -0.2) is 36.4 Å². The van der Waals surface area contributed by atoms with Gasteiger partial charge in [0.15, 0.2) is 0 Å². The van der Waals surface area contributed by atoms with Crippen LogP contribution in [0.25, 0.3) is 10.9 Å². The summed E-state index contributed by atoms with van der Waals surface area (Å²) >= 11 is 1.41. The minimum absolute atomic E-state index is 0.147. The third-order valence-corrected chi connectivity index (χ3v) is 7.66. The Balaban J connectivity index is 1.66. The number of para-hydroxylation sites is 1. The Bertz CT molecular complexity index is 1490. The monoisotopic (exact) mass is 519 g/mol. The van der Waals surface area contributed by atoms with E-state index in [1.807, 2.05) is 35.9 Å². The van der Waals surface area contributed by atoms with Crippen molar-refractivity contribution >= 4 is 40.2 Å². The Morgan fingerprint density at radius 2 is 1.84 bits per heavy atom. The highest BCUT2D eigenvalue weighted by Crippen LogP contribution is 2.45. The zero-order valence-corrected chi connectivity index (χ0v) is 21.5. The number of nitrogens with one attached hydrogen (secondary N) is 1. The number of hydrogen-bond acceptors (Lipinski definition) is 5. The van der Waals surface area contributed by atoms with Gasteiger partial charge in [0.2, 0.25) is 11.8 Å². The predicted molar refractivity (Wildman–Crippen MR) is 142 cm³/mol. The van der Waals surface area contributed by atoms with Gasteiger partial charge in [0.1, 0.15) is 23.4 Å². The van der Waals surface area contributed by atoms with E-state index in [1.54, 1.807) is 37.4 Å². The molecule has 2 heterocycles. The summed E-state index contributed by atoms with van der Waals surface area (Å²) in [7, 11) is 5.01. The van der Waals surface area contributed by atoms with Gasteiger partial charge in [0.25, 0.3) is 0 Å². The fraction of sp³-hybridized carbons (Fsp3) is 0.214. The molecule has 190 valence electrons. The molecule has 0 saturated heterocycles. The van der Waals surface area contributed by atoms with E-state index in [1.165, 1.54) is 35.9 Å². The van der Waals surface area contributed by atoms with Crippen LogP contribution < -0.4 is 19.7 Å². The summed E-state index contributed by atoms with van der Waals surface area (Å²) in [6.07, 6.45) is 0. The summed E-state index contributed by atoms with van der Waals surface area (Å²) in [6.45, 7) is 0.185. The Labute approximate surface area is 218 Å². The van der Waals surface area contributed by atoms with E-state index >= 15 is 0 Å². The highest BCUT2D eigenvalue weighted by atomic mass is 32.2. The number of carbonyl (C=O) groups is 2. The summed E-state index contributed by atoms with van der Waals surface area (Å²) in [5.74, 6) is 0.206. The van der Waals surface area contributed by atoms with Gasteiger partial charge in [-0.3, -0.25) is 14.5 Å². The maximum Gasteiger partial charge on any atom is 0.248 e. The van der Waals surface area contributed by atoms with Gasteiger partial charge in [0, 0.05) is 36.1 Å². The maximum atomic E-state index is 14.0. The zero-order valence-electron chi connectivity index (χ0n) is 20.7. The zero-order chi connectivity index (χ0) is 26.1. The van der Waals surface area contributed by atoms with Crippen molar-refractivity contribution in [3.8, 4) is 11.5 Å². The van der Waals surface area contributed by atoms with E-state index in [4.69, 9.17) is 9.47 Å². The number of anilines is 1. The summed E-state index contributed by atoms with van der Waals surface area (Å²) < 4.78 is 26.4. The smallest absolute Gasteiger partial charge is 0.248 e. The molecular weight excluding hydrogens is 493 g/mol. The van der Waals surface area contributed by atoms with Crippen LogP contribution in [0.1, 0.15) is 17.2 Å². The molecule has 0 radical (unpaired) electrons. The van der Waals surface area contributed by atoms with Crippen LogP contribution in [0.2, 0.25) is 0 Å². The van der Waals surface area contributed by atoms with Gasteiger partial charge in [-0.25, -0.2) is 4.39 Å². The number of nitrogens with zero attached hydrogens (tertiary/aromatic N) is 2. The number of ether oxygens (including phenoxy) is 2. The van der Waals surface area contributed by atoms with Crippen molar-refractivity contribution in [3.63, 3.8) is 0 Å². The number of aryl methyl sites for hydroxylation is 1. The molecule has 1 aliphatic heterocycles. The second kappa shape index (κ2) is 10.2. The molecule has 1 aromatic heterocycles. The highest BCUT2D eigenvalue weighted by molar-refractivity contribution is 8.00. The lowest BCUT2D eigenvalue weighted by Crippen LogP contribution is -2.44. The number of rotatable bonds is 6. The second-order valence-electron chi connectivity index (χ2n) is 8.63. The molecule has 3 aromatic carbocycles. The number of amides is 2. The molecule has 0 fully saturated rings. The van der Waals surface area contributed by atoms with Crippen molar-refractivity contribution in [3.05, 3.63) is 83.7 Å². The summed E-state index contributed by atoms with van der Waals surface area (Å²) in [5.41, 5.74) is 2.93. The Morgan fingerprint density at radius 3 is 2.57 bits per heavy atom. The van der Waals surface area contributed by atoms with Crippen LogP contribution in [0, 0.1) is 5.82 Å². The fourth-order valence-electron chi connectivity index (χ4n) is 4.70. The van der Waals surface area contributed by atoms with Crippen LogP contribution in [0.4, 0.5) is 10.1 Å². The Kier molecular flexibility index (Phi) is 6.80. The average molecular weight is 520 g/mol. The highest BCUT2D eigenvalue weighted by Gasteiger charge is 2.40. The first-order valence-corrected chi connectivity index (χ1v) is 12.7. The first kappa shape index (κ1) is 24.7. The van der Waals surface area contributed by atoms with Crippen LogP contribution in [0.3, 0.4) is 0 Å². The molecule has 7 nitrogen and oxygen atoms in total. The van der Waals surface area contributed by atoms with Crippen molar-refractivity contribution in [2.45, 2.75) is 17.6 Å². The topological polar surface area (TPSA) is 72.8 Å². The normalized spacial score (nSPS) is 15.3. The molecule has 4 aromatic rings. The molecule has 0 bridgehead atoms. The molecular formula is C28H26FN3O4S. The van der Waals surface area contributed by atoms with Crippen molar-refractivity contribution in [2.75, 3.05) is 24.9 Å². The fourth-order valence-corrected chi connectivity index (χ4v) is 5.77. The standard InChI is InChI=1S/C28H26FN3O4S/c1-31-21-7-5-4-6-20(21)25-26(27(34)30-15-17-8-10-18(29)11-9-17)32(24(33)16-37-28(25)31)22-13-12-19(35-2)14-23(22)36-3/h4-14,26H,15-16H2,1-3H3,(H,30,34). The van der Waals surface area contributed by atoms with E-state index in [9.17, 15) is 14.0 Å². The quantitative estimate of drug-likeness (QED) is 0.395. The third-order valence-electron chi connectivity index (χ3n) is 6.50. The van der Waals surface area contributed by atoms with E-state index in [2.05, 4.69) is 5.32 Å². The summed E-state index contributed by atoms with van der Waals surface area (Å²) in [6, 6.07) is 18.0. The third kappa shape index (κ3) is 4.51. The number of methoxy groups -OCH3 is 2. The van der Waals surface area contributed by atoms with Crippen LogP contribution in [0.5, 0.6) is 11.5 Å². The van der Waals surface area contributed by atoms with Gasteiger partial charge in [-0.1, -0.05) is 42.1 Å². The van der Waals surface area contributed by atoms with Crippen LogP contribution in [-0.2, 0) is 23.2 Å². The van der Waals surface area contributed by atoms with Gasteiger partial charge < -0.3 is 19.4 Å². The van der Waals surface area contributed by atoms with E-state index < -0.39 is 6.04 Å². The molecule has 5 rings (SSSR count). The van der Waals surface area contributed by atoms with Gasteiger partial charge in [0.05, 0.1) is 30.7 Å². The number of hydrogen-bond donors (Lipinski definition) is 1. The molecule has 1 N–H and O–H groups in total. The molecule has 9 heteroatoms. The number of benzene rings is 3. The predicted octanol–water partition coefficient (Wildman–Crippen LogP) is 4.83. The maximum absolute atomic E-state index is 14.0. The Hall–Kier alpha value is -3.98. The van der Waals surface area contributed by atoms with Crippen LogP contribution in [0.15, 0.2) is 71.8 Å². The molecule has 37 heavy (non-hydrogen) atoms. The molecule has 1 aliphatic rings. The minimum Gasteiger partial charge on any atom is -0.497 e. The van der Waals surface area contributed by atoms with Gasteiger partial charge in [-0.2, -0.15) is 0 Å². The van der Waals surface area contributed by atoms with Gasteiger partial charge in [-0.15, -0.1) is 0 Å². The molecule has 1 unspecified atom stereocenters. The first-order valence-electron chi connectivity index (χ1n) is 11.7. The largest absolute Gasteiger partial charge is 0.497 e. The second-order valence-corrected chi connectivity index (χ2v) is 9.60. The van der Waals surface area contributed by atoms with Gasteiger partial charge in [-0.05, 0) is 35.9 Å². The summed E-state index contributed by atoms with van der Waals surface area (Å²) in [4.78, 5) is 29.2. The van der Waals surface area contributed by atoms with E-state index in [0.29, 0.717) is 17.2 Å². The lowest BCUT2D eigenvalue weighted by molar-refractivity contribution is -0.125. The molecule has 1 atom stereocenters. The lowest BCUT2D eigenvalue weighted by Gasteiger charge is -2.31. The molecule has 2 amide bonds. The molecule has 0 aliphatic carbocycles. The SMILES string of the molecule is COc1ccc(N2C(=O)CSc3c(c4ccccc4n3C)C2C(=O)NCc2ccc(F)cc2)c(OC)c1. The number of thioether (sulfide) groups is 1. The molecule has 0 saturated carbocycles. The minimum atomic E-state index is -0.966. The first-order chi connectivity index (χ1) is 17.9. The number of halogens is 1. The number of fused-ring (bicyclic) bond motifs is 3. The Morgan fingerprint density at radius 1 is 1.08 bits per heavy atom. The lowest BCUT2D eigenvalue weighted by atomic mass is 10.0.